The molecule has 0 saturated heterocycles. The van der Waals surface area contributed by atoms with Crippen molar-refractivity contribution in [3.63, 3.8) is 0 Å². The predicted molar refractivity (Wildman–Crippen MR) is 598 cm³/mol. The van der Waals surface area contributed by atoms with E-state index in [1.807, 2.05) is 156 Å². The Morgan fingerprint density at radius 2 is 0.862 bits per heavy atom. The van der Waals surface area contributed by atoms with Gasteiger partial charge < -0.3 is 61.3 Å². The SMILES string of the molecule is CC(=O)c1cc2c(cc1NCC(C)(C)C)OCO2.CC(C)(C)C(=O)Nc1ccccc1N.CC(C)(C)CSc1ccccn1.CC(C)(C)CSc1nccc(C(F)(F)F)n1.COc1cc(Cl)nc(NCC(C)(C)C)n1.COc1cc(NCC(C)(C)C)ncn1.Cc1cc(C)nc(NCC(C)(C)C)c1.Cc1cc(C)nc(NCC(C)(C)C)n1.Cc1cc(C)nc(OCC(C)(C)C)n1.Cc1cc(C)nc(SCC(C)(C)C)n1. The lowest BCUT2D eigenvalue weighted by Crippen LogP contribution is -2.27. The van der Waals surface area contributed by atoms with Crippen molar-refractivity contribution in [1.29, 1.82) is 0 Å². The molecule has 8 N–H and O–H groups in total. The topological polar surface area (TPSA) is 359 Å². The first-order valence-corrected chi connectivity index (χ1v) is 51.8. The number of alkyl halides is 3. The standard InChI is InChI=1S/C14H19NO3.C12H20N2.C11H19N3.C11H18N2O.C11H16N2O.C11H18N2S.C10H16ClN3O.C10H13F3N2S.C10H17N3O.C10H15NS/c1-9(16)10-5-12-13(18-8-17-12)6-11(10)15-7-14(2,3)4;1-9-6-10(2)14-11(7-9)13-8-12(3,4)5;1-8-6-9(2)14-10(13-8)12-7-11(3,4)5;1-8-6-9(2)13-10(12-8)14-7-11(3,4)5;1-11(2,3)10(14)13-9-7-5-4-6-8(9)12;1-8-6-9(2)13-10(12-8)14-7-11(3,4)5;1-10(2,3)6-12-9-13-7(11)5-8(14-9)15-4;1-9(2,3)6-16-8-14-5-4-7(15-8)10(11,12)13;1-10(2,3)6-11-8-5-9(14-4)13-7-12-8;1-10(2,3)8-12-9-6-4-5-7-11-9/h5-6,15H,7-8H2,1-4H3;6-7H,8H2,1-5H3,(H,13,14);6H,7H2,1-5H3,(H,12,13,14);6H,7H2,1-5H3;4-7H,12H2,1-3H3,(H,13,14);6H,7H2,1-5H3;5H,6H2,1-4H3,(H,12,13,14);4-5H,6H2,1-3H3;5,7H,6H2,1-4H3,(H,11,12,13);4-7H,8H2,1-3H3. The molecule has 0 saturated carbocycles. The van der Waals surface area contributed by atoms with Crippen molar-refractivity contribution in [3.05, 3.63) is 184 Å². The van der Waals surface area contributed by atoms with Crippen LogP contribution in [-0.4, -0.2) is 159 Å². The number of amides is 1. The van der Waals surface area contributed by atoms with Crippen LogP contribution in [0, 0.1) is 110 Å². The van der Waals surface area contributed by atoms with Gasteiger partial charge in [-0.15, -0.1) is 11.8 Å². The van der Waals surface area contributed by atoms with E-state index in [2.05, 4.69) is 293 Å². The summed E-state index contributed by atoms with van der Waals surface area (Å²) < 4.78 is 63.1. The summed E-state index contributed by atoms with van der Waals surface area (Å²) in [6.07, 6.45) is 0.0651. The first kappa shape index (κ1) is 130. The highest BCUT2D eigenvalue weighted by Crippen LogP contribution is 2.39. The van der Waals surface area contributed by atoms with Crippen molar-refractivity contribution in [1.82, 2.24) is 69.8 Å². The number of nitrogen functional groups attached to an aromatic ring is 1. The lowest BCUT2D eigenvalue weighted by molar-refractivity contribution is -0.141. The van der Waals surface area contributed by atoms with E-state index in [0.717, 1.165) is 130 Å². The van der Waals surface area contributed by atoms with Crippen LogP contribution in [0.1, 0.15) is 276 Å². The van der Waals surface area contributed by atoms with Gasteiger partial charge in [-0.05, 0) is 183 Å². The van der Waals surface area contributed by atoms with Gasteiger partial charge in [0, 0.05) is 137 Å². The summed E-state index contributed by atoms with van der Waals surface area (Å²) in [7, 11) is 3.14. The van der Waals surface area contributed by atoms with Gasteiger partial charge in [0.1, 0.15) is 28.8 Å². The normalized spacial score (nSPS) is 11.8. The van der Waals surface area contributed by atoms with Crippen molar-refractivity contribution >= 4 is 99.2 Å². The van der Waals surface area contributed by atoms with Gasteiger partial charge in [0.2, 0.25) is 36.4 Å². The molecule has 35 heteroatoms. The Morgan fingerprint density at radius 3 is 1.32 bits per heavy atom. The number of halogens is 4. The molecule has 0 fully saturated rings. The zero-order valence-electron chi connectivity index (χ0n) is 94.6. The van der Waals surface area contributed by atoms with Crippen LogP contribution in [0.15, 0.2) is 137 Å². The maximum atomic E-state index is 12.3. The third-order valence-corrected chi connectivity index (χ3v) is 22.3. The van der Waals surface area contributed by atoms with Crippen LogP contribution in [0.3, 0.4) is 0 Å². The maximum Gasteiger partial charge on any atom is 0.433 e. The van der Waals surface area contributed by atoms with Crippen LogP contribution in [-0.2, 0) is 11.0 Å². The third kappa shape index (κ3) is 64.8. The van der Waals surface area contributed by atoms with E-state index in [9.17, 15) is 22.8 Å². The lowest BCUT2D eigenvalue weighted by atomic mass is 9.95. The minimum Gasteiger partial charge on any atom is -0.481 e. The molecule has 1 amide bonds. The average molecular weight is 2090 g/mol. The number of aromatic nitrogens is 14. The number of anilines is 7. The number of aryl methyl sites for hydroxylation is 8. The fourth-order valence-corrected chi connectivity index (χ4v) is 13.5. The second-order valence-corrected chi connectivity index (χ2v) is 50.2. The molecule has 11 rings (SSSR count). The number of fused-ring (bicyclic) bond motifs is 1. The summed E-state index contributed by atoms with van der Waals surface area (Å²) in [6.45, 7) is 86.5. The van der Waals surface area contributed by atoms with E-state index in [4.69, 9.17) is 41.0 Å². The molecule has 1 aliphatic rings. The Kier molecular flexibility index (Phi) is 53.9. The van der Waals surface area contributed by atoms with Crippen molar-refractivity contribution < 1.29 is 46.4 Å². The highest BCUT2D eigenvalue weighted by molar-refractivity contribution is 7.99. The molecule has 0 bridgehead atoms. The summed E-state index contributed by atoms with van der Waals surface area (Å²) in [5.74, 6) is 8.21. The van der Waals surface area contributed by atoms with Crippen LogP contribution in [0.4, 0.5) is 53.8 Å². The van der Waals surface area contributed by atoms with Gasteiger partial charge >= 0.3 is 12.2 Å². The van der Waals surface area contributed by atoms with Gasteiger partial charge in [-0.25, -0.2) is 64.8 Å². The first-order chi connectivity index (χ1) is 66.4. The maximum absolute atomic E-state index is 12.3. The molecule has 8 aromatic heterocycles. The van der Waals surface area contributed by atoms with Gasteiger partial charge in [0.15, 0.2) is 27.6 Å². The number of rotatable bonds is 22. The quantitative estimate of drug-likeness (QED) is 0.0109. The van der Waals surface area contributed by atoms with Crippen LogP contribution in [0.5, 0.6) is 29.3 Å². The van der Waals surface area contributed by atoms with E-state index in [0.29, 0.717) is 85.9 Å². The molecule has 1 aliphatic heterocycles. The van der Waals surface area contributed by atoms with E-state index in [1.54, 1.807) is 63.2 Å². The number of nitrogens with zero attached hydrogens (tertiary/aromatic N) is 14. The molecule has 0 aliphatic carbocycles. The number of para-hydroxylation sites is 2. The van der Waals surface area contributed by atoms with Gasteiger partial charge in [-0.3, -0.25) is 9.59 Å². The fourth-order valence-electron chi connectivity index (χ4n) is 10.6. The van der Waals surface area contributed by atoms with E-state index < -0.39 is 17.3 Å². The van der Waals surface area contributed by atoms with Gasteiger partial charge in [-0.2, -0.15) is 18.2 Å². The Morgan fingerprint density at radius 1 is 0.414 bits per heavy atom. The van der Waals surface area contributed by atoms with Crippen LogP contribution in [0.2, 0.25) is 5.15 Å². The van der Waals surface area contributed by atoms with Crippen LogP contribution >= 0.6 is 46.9 Å². The van der Waals surface area contributed by atoms with E-state index >= 15 is 0 Å². The monoisotopic (exact) mass is 2090 g/mol. The summed E-state index contributed by atoms with van der Waals surface area (Å²) in [4.78, 5) is 81.2. The molecular formula is C110H171ClF3N21O7S3. The molecule has 0 radical (unpaired) electrons. The molecule has 145 heavy (non-hydrogen) atoms. The largest absolute Gasteiger partial charge is 0.481 e. The Balaban J connectivity index is 0.000000545. The molecule has 804 valence electrons. The number of Topliss-reactive ketones (excluding diaryl/α,β-unsaturated/α-hetero) is 1. The zero-order valence-corrected chi connectivity index (χ0v) is 97.8. The molecule has 28 nitrogen and oxygen atoms in total. The molecular weight excluding hydrogens is 1920 g/mol. The van der Waals surface area contributed by atoms with Crippen molar-refractivity contribution in [2.75, 3.05) is 115 Å². The van der Waals surface area contributed by atoms with Gasteiger partial charge in [0.05, 0.1) is 37.2 Å². The average Bonchev–Trinajstić information content (AvgIpc) is 1.70. The summed E-state index contributed by atoms with van der Waals surface area (Å²) in [5, 5.41) is 21.6. The van der Waals surface area contributed by atoms with Crippen molar-refractivity contribution in [2.24, 2.45) is 54.1 Å². The summed E-state index contributed by atoms with van der Waals surface area (Å²) >= 11 is 10.6. The van der Waals surface area contributed by atoms with Gasteiger partial charge in [0.25, 0.3) is 0 Å². The lowest BCUT2D eigenvalue weighted by Gasteiger charge is -2.21. The zero-order chi connectivity index (χ0) is 111. The third-order valence-electron chi connectivity index (χ3n) is 17.6. The number of ketones is 1. The number of nitrogens with two attached hydrogens (primary N) is 1. The number of benzene rings is 2. The van der Waals surface area contributed by atoms with Gasteiger partial charge in [-0.1, -0.05) is 261 Å². The number of carbonyl (C=O) groups excluding carboxylic acids is 2. The molecule has 0 spiro atoms. The molecule has 9 heterocycles. The highest BCUT2D eigenvalue weighted by Gasteiger charge is 2.33. The van der Waals surface area contributed by atoms with Crippen molar-refractivity contribution in [2.45, 2.75) is 292 Å². The summed E-state index contributed by atoms with van der Waals surface area (Å²) in [6, 6.07) is 31.6. The Labute approximate surface area is 883 Å². The molecule has 0 unspecified atom stereocenters. The van der Waals surface area contributed by atoms with Crippen LogP contribution in [0.25, 0.3) is 0 Å². The number of hydrogen-bond donors (Lipinski definition) is 7. The number of ether oxygens (including phenoxy) is 5. The molecule has 10 aromatic rings. The number of hydrogen-bond acceptors (Lipinski definition) is 30. The van der Waals surface area contributed by atoms with Crippen molar-refractivity contribution in [3.8, 4) is 29.3 Å². The molecule has 2 aromatic carbocycles. The number of pyridine rings is 2. The Hall–Kier alpha value is -10.7. The van der Waals surface area contributed by atoms with E-state index in [-0.39, 0.29) is 56.1 Å². The minimum atomic E-state index is -4.40. The molecule has 0 atom stereocenters. The number of carbonyl (C=O) groups is 2. The van der Waals surface area contributed by atoms with E-state index in [1.165, 1.54) is 23.7 Å². The first-order valence-electron chi connectivity index (χ1n) is 48.4. The number of thioether (sulfide) groups is 3. The second kappa shape index (κ2) is 59.9. The number of nitrogens with one attached hydrogen (secondary N) is 6. The predicted octanol–water partition coefficient (Wildman–Crippen LogP) is 28.2. The Bertz CT molecular complexity index is 5200. The van der Waals surface area contributed by atoms with Crippen LogP contribution < -0.4 is 61.3 Å². The summed E-state index contributed by atoms with van der Waals surface area (Å²) in [5.41, 5.74) is 17.4. The second-order valence-electron chi connectivity index (χ2n) is 47.0. The number of methoxy groups -OCH3 is 2. The minimum absolute atomic E-state index is 0.0182. The fraction of sp³-hybridized carbons (Fsp3) is 0.564. The smallest absolute Gasteiger partial charge is 0.433 e. The highest BCUT2D eigenvalue weighted by atomic mass is 35.5.